The molecule has 0 atom stereocenters. The topological polar surface area (TPSA) is 92.6 Å². The maximum absolute atomic E-state index is 11.6. The first-order valence-electron chi connectivity index (χ1n) is 9.61. The molecule has 0 aliphatic rings. The number of halogens is 2. The van der Waals surface area contributed by atoms with Gasteiger partial charge in [-0.1, -0.05) is 50.4 Å². The summed E-state index contributed by atoms with van der Waals surface area (Å²) in [7, 11) is 3.58. The summed E-state index contributed by atoms with van der Waals surface area (Å²) < 4.78 is 2.00. The number of carbonyl (C=O) groups excluding carboxylic acids is 1. The van der Waals surface area contributed by atoms with E-state index in [-0.39, 0.29) is 6.54 Å². The third kappa shape index (κ3) is 5.53. The Morgan fingerprint density at radius 1 is 1.38 bits per heavy atom. The molecule has 0 bridgehead atoms. The molecule has 0 saturated heterocycles. The van der Waals surface area contributed by atoms with E-state index < -0.39 is 12.5 Å². The molecule has 2 rings (SSSR count). The van der Waals surface area contributed by atoms with E-state index in [2.05, 4.69) is 17.2 Å². The predicted octanol–water partition coefficient (Wildman–Crippen LogP) is 4.07. The first kappa shape index (κ1) is 25.0. The fourth-order valence-corrected chi connectivity index (χ4v) is 3.65. The van der Waals surface area contributed by atoms with Gasteiger partial charge in [0.1, 0.15) is 6.61 Å². The first-order valence-corrected chi connectivity index (χ1v) is 10.4. The van der Waals surface area contributed by atoms with Crippen LogP contribution in [0.1, 0.15) is 44.0 Å². The number of amides is 1. The molecular weight excluding hydrogens is 411 g/mol. The van der Waals surface area contributed by atoms with Gasteiger partial charge in [-0.3, -0.25) is 9.79 Å². The number of nitrogens with one attached hydrogen (secondary N) is 1. The number of benzene rings is 1. The number of aliphatic imine (C=N–C) groups is 1. The SMILES string of the molecule is CC.CCCc1c(CNC(=O)CO)c2c(/C(N)=C/C=NC)cc(Cl)c(Cl)c2n1C. The highest BCUT2D eigenvalue weighted by Gasteiger charge is 2.22. The molecule has 160 valence electrons. The zero-order valence-electron chi connectivity index (χ0n) is 17.6. The van der Waals surface area contributed by atoms with E-state index >= 15 is 0 Å². The van der Waals surface area contributed by atoms with Gasteiger partial charge in [0.05, 0.1) is 15.6 Å². The van der Waals surface area contributed by atoms with Crippen LogP contribution in [0.2, 0.25) is 10.0 Å². The Morgan fingerprint density at radius 3 is 2.59 bits per heavy atom. The molecule has 0 fully saturated rings. The molecule has 0 spiro atoms. The molecular formula is C21H30Cl2N4O2. The zero-order chi connectivity index (χ0) is 22.1. The molecule has 1 heterocycles. The lowest BCUT2D eigenvalue weighted by molar-refractivity contribution is -0.123. The van der Waals surface area contributed by atoms with Gasteiger partial charge >= 0.3 is 0 Å². The highest BCUT2D eigenvalue weighted by atomic mass is 35.5. The number of nitrogens with two attached hydrogens (primary N) is 1. The first-order chi connectivity index (χ1) is 13.9. The standard InChI is InChI=1S/C19H24Cl2N4O2.C2H6/c1-4-5-15-12(9-24-16(27)10-26)17-11(14(22)6-7-23-2)8-13(20)18(21)19(17)25(15)3;1-2/h6-8,26H,4-5,9-10,22H2,1-3H3,(H,24,27);1-2H3/b14-6-,23-7?;. The Hall–Kier alpha value is -2.02. The van der Waals surface area contributed by atoms with Crippen molar-refractivity contribution in [3.05, 3.63) is 39.0 Å². The number of rotatable bonds is 7. The minimum atomic E-state index is -0.567. The Balaban J connectivity index is 0.00000204. The smallest absolute Gasteiger partial charge is 0.245 e. The van der Waals surface area contributed by atoms with E-state index in [0.717, 1.165) is 40.6 Å². The number of nitrogens with zero attached hydrogens (tertiary/aromatic N) is 2. The maximum atomic E-state index is 11.6. The predicted molar refractivity (Wildman–Crippen MR) is 124 cm³/mol. The second-order valence-electron chi connectivity index (χ2n) is 6.14. The molecule has 1 amide bonds. The van der Waals surface area contributed by atoms with Gasteiger partial charge in [0.2, 0.25) is 5.91 Å². The Bertz CT molecular complexity index is 918. The third-order valence-corrected chi connectivity index (χ3v) is 5.17. The number of aromatic nitrogens is 1. The maximum Gasteiger partial charge on any atom is 0.245 e. The molecule has 29 heavy (non-hydrogen) atoms. The zero-order valence-corrected chi connectivity index (χ0v) is 19.2. The summed E-state index contributed by atoms with van der Waals surface area (Å²) in [6.07, 6.45) is 5.01. The fourth-order valence-electron chi connectivity index (χ4n) is 3.18. The number of carbonyl (C=O) groups is 1. The molecule has 0 saturated carbocycles. The Morgan fingerprint density at radius 2 is 2.03 bits per heavy atom. The van der Waals surface area contributed by atoms with E-state index in [1.54, 1.807) is 25.4 Å². The van der Waals surface area contributed by atoms with Crippen LogP contribution in [0.5, 0.6) is 0 Å². The Labute approximate surface area is 182 Å². The van der Waals surface area contributed by atoms with Crippen molar-refractivity contribution >= 4 is 51.9 Å². The van der Waals surface area contributed by atoms with E-state index in [1.165, 1.54) is 0 Å². The second-order valence-corrected chi connectivity index (χ2v) is 6.93. The molecule has 1 aromatic heterocycles. The average molecular weight is 441 g/mol. The van der Waals surface area contributed by atoms with Crippen LogP contribution in [-0.2, 0) is 24.8 Å². The van der Waals surface area contributed by atoms with Gasteiger partial charge in [-0.2, -0.15) is 0 Å². The normalized spacial score (nSPS) is 11.7. The molecule has 1 aromatic carbocycles. The summed E-state index contributed by atoms with van der Waals surface area (Å²) >= 11 is 12.9. The lowest BCUT2D eigenvalue weighted by Crippen LogP contribution is -2.26. The molecule has 8 heteroatoms. The molecule has 4 N–H and O–H groups in total. The molecule has 2 aromatic rings. The minimum absolute atomic E-state index is 0.256. The number of allylic oxidation sites excluding steroid dienone is 1. The molecule has 0 unspecified atom stereocenters. The quantitative estimate of drug-likeness (QED) is 0.566. The minimum Gasteiger partial charge on any atom is -0.398 e. The van der Waals surface area contributed by atoms with Crippen LogP contribution < -0.4 is 11.1 Å². The summed E-state index contributed by atoms with van der Waals surface area (Å²) in [5, 5.41) is 13.4. The molecule has 6 nitrogen and oxygen atoms in total. The van der Waals surface area contributed by atoms with Crippen LogP contribution >= 0.6 is 23.2 Å². The van der Waals surface area contributed by atoms with Gasteiger partial charge in [-0.05, 0) is 18.6 Å². The molecule has 0 aliphatic carbocycles. The van der Waals surface area contributed by atoms with Crippen molar-refractivity contribution in [2.75, 3.05) is 13.7 Å². The second kappa shape index (κ2) is 11.9. The van der Waals surface area contributed by atoms with Gasteiger partial charge in [0.25, 0.3) is 0 Å². The van der Waals surface area contributed by atoms with E-state index in [9.17, 15) is 4.79 Å². The van der Waals surface area contributed by atoms with Crippen molar-refractivity contribution < 1.29 is 9.90 Å². The number of fused-ring (bicyclic) bond motifs is 1. The number of hydrogen-bond donors (Lipinski definition) is 3. The number of aryl methyl sites for hydroxylation is 1. The van der Waals surface area contributed by atoms with Crippen LogP contribution in [0.15, 0.2) is 17.1 Å². The van der Waals surface area contributed by atoms with Gasteiger partial charge in [0.15, 0.2) is 0 Å². The third-order valence-electron chi connectivity index (χ3n) is 4.39. The molecule has 0 radical (unpaired) electrons. The van der Waals surface area contributed by atoms with Crippen molar-refractivity contribution in [2.45, 2.75) is 40.2 Å². The monoisotopic (exact) mass is 440 g/mol. The van der Waals surface area contributed by atoms with E-state index in [1.807, 2.05) is 25.5 Å². The summed E-state index contributed by atoms with van der Waals surface area (Å²) in [5.41, 5.74) is 10.2. The van der Waals surface area contributed by atoms with Crippen molar-refractivity contribution in [3.63, 3.8) is 0 Å². The fraction of sp³-hybridized carbons (Fsp3) is 0.429. The van der Waals surface area contributed by atoms with Gasteiger partial charge in [-0.15, -0.1) is 0 Å². The van der Waals surface area contributed by atoms with Crippen LogP contribution in [0.25, 0.3) is 16.6 Å². The average Bonchev–Trinajstić information content (AvgIpc) is 3.00. The lowest BCUT2D eigenvalue weighted by Gasteiger charge is -2.10. The summed E-state index contributed by atoms with van der Waals surface area (Å²) in [6.45, 7) is 5.77. The van der Waals surface area contributed by atoms with Crippen molar-refractivity contribution in [3.8, 4) is 0 Å². The number of hydrogen-bond acceptors (Lipinski definition) is 4. The lowest BCUT2D eigenvalue weighted by atomic mass is 10.0. The number of aliphatic hydroxyl groups excluding tert-OH is 1. The van der Waals surface area contributed by atoms with Crippen molar-refractivity contribution in [1.82, 2.24) is 9.88 Å². The number of aliphatic hydroxyl groups is 1. The van der Waals surface area contributed by atoms with Crippen LogP contribution in [0.4, 0.5) is 0 Å². The highest BCUT2D eigenvalue weighted by Crippen LogP contribution is 2.40. The molecule has 0 aliphatic heterocycles. The van der Waals surface area contributed by atoms with E-state index in [4.69, 9.17) is 34.0 Å². The van der Waals surface area contributed by atoms with E-state index in [0.29, 0.717) is 15.7 Å². The van der Waals surface area contributed by atoms with Crippen LogP contribution in [0.3, 0.4) is 0 Å². The largest absolute Gasteiger partial charge is 0.398 e. The van der Waals surface area contributed by atoms with Gasteiger partial charge in [-0.25, -0.2) is 0 Å². The van der Waals surface area contributed by atoms with Crippen molar-refractivity contribution in [1.29, 1.82) is 0 Å². The van der Waals surface area contributed by atoms with Crippen molar-refractivity contribution in [2.24, 2.45) is 17.8 Å². The summed E-state index contributed by atoms with van der Waals surface area (Å²) in [5.74, 6) is -0.447. The summed E-state index contributed by atoms with van der Waals surface area (Å²) in [6, 6.07) is 1.73. The van der Waals surface area contributed by atoms with Gasteiger partial charge in [0, 0.05) is 54.8 Å². The van der Waals surface area contributed by atoms with Gasteiger partial charge < -0.3 is 20.7 Å². The van der Waals surface area contributed by atoms with Crippen LogP contribution in [0, 0.1) is 0 Å². The highest BCUT2D eigenvalue weighted by molar-refractivity contribution is 6.45. The summed E-state index contributed by atoms with van der Waals surface area (Å²) in [4.78, 5) is 15.5. The van der Waals surface area contributed by atoms with Crippen LogP contribution in [-0.4, -0.2) is 35.4 Å². The Kier molecular flexibility index (Phi) is 10.2.